The number of hydrogen-bond donors (Lipinski definition) is 0. The fourth-order valence-electron chi connectivity index (χ4n) is 7.79. The average molecular weight is 815 g/mol. The lowest BCUT2D eigenvalue weighted by Crippen LogP contribution is -2.12. The molecule has 0 amide bonds. The molecular weight excluding hydrogens is 725 g/mol. The van der Waals surface area contributed by atoms with Gasteiger partial charge in [-0.3, -0.25) is 4.99 Å². The maximum atomic E-state index is 5.50. The van der Waals surface area contributed by atoms with E-state index in [-0.39, 0.29) is 0 Å². The molecule has 0 N–H and O–H groups in total. The summed E-state index contributed by atoms with van der Waals surface area (Å²) < 4.78 is 0. The van der Waals surface area contributed by atoms with E-state index in [2.05, 4.69) is 112 Å². The number of rotatable bonds is 36. The molecule has 0 radical (unpaired) electrons. The van der Waals surface area contributed by atoms with Gasteiger partial charge in [0.05, 0.1) is 22.8 Å². The summed E-state index contributed by atoms with van der Waals surface area (Å²) in [6.45, 7) is 8.99. The third-order valence-electron chi connectivity index (χ3n) is 11.5. The quantitative estimate of drug-likeness (QED) is 0.0372. The van der Waals surface area contributed by atoms with Crippen molar-refractivity contribution in [1.82, 2.24) is 0 Å². The van der Waals surface area contributed by atoms with E-state index in [4.69, 9.17) is 9.98 Å². The van der Waals surface area contributed by atoms with Crippen molar-refractivity contribution in [2.24, 2.45) is 9.98 Å². The third kappa shape index (κ3) is 28.2. The minimum atomic E-state index is 0.939. The normalized spacial score (nSPS) is 11.8. The summed E-state index contributed by atoms with van der Waals surface area (Å²) in [6, 6.07) is 17.5. The van der Waals surface area contributed by atoms with E-state index in [0.29, 0.717) is 0 Å². The minimum absolute atomic E-state index is 0.939. The highest BCUT2D eigenvalue weighted by Crippen LogP contribution is 2.26. The van der Waals surface area contributed by atoms with Crippen molar-refractivity contribution in [2.75, 3.05) is 0 Å². The van der Waals surface area contributed by atoms with Crippen molar-refractivity contribution in [1.29, 1.82) is 0 Å². The van der Waals surface area contributed by atoms with Crippen molar-refractivity contribution in [3.8, 4) is 23.7 Å². The molecule has 0 atom stereocenters. The summed E-state index contributed by atoms with van der Waals surface area (Å²) in [7, 11) is 0. The molecule has 2 heteroatoms. The van der Waals surface area contributed by atoms with Gasteiger partial charge in [-0.2, -0.15) is 0 Å². The molecule has 0 aliphatic heterocycles. The lowest BCUT2D eigenvalue weighted by atomic mass is 10.0. The fraction of sp³-hybridized carbons (Fsp3) is 0.655. The Bertz CT molecular complexity index is 1540. The Morgan fingerprint density at radius 2 is 0.817 bits per heavy atom. The second-order valence-electron chi connectivity index (χ2n) is 17.2. The van der Waals surface area contributed by atoms with Crippen LogP contribution < -0.4 is 0 Å². The van der Waals surface area contributed by atoms with Crippen molar-refractivity contribution >= 4 is 22.8 Å². The largest absolute Gasteiger partial charge is 0.251 e. The topological polar surface area (TPSA) is 24.7 Å². The van der Waals surface area contributed by atoms with Gasteiger partial charge < -0.3 is 0 Å². The number of nitrogens with zero attached hydrogens (tertiary/aromatic N) is 2. The first-order valence-electron chi connectivity index (χ1n) is 25.6. The van der Waals surface area contributed by atoms with Crippen molar-refractivity contribution < 1.29 is 0 Å². The first kappa shape index (κ1) is 52.8. The molecule has 0 heterocycles. The molecule has 2 rings (SSSR count). The summed E-state index contributed by atoms with van der Waals surface area (Å²) in [6.07, 6.45) is 47.2. The molecule has 0 unspecified atom stereocenters. The molecule has 0 aliphatic rings. The Hall–Kier alpha value is -3.36. The second kappa shape index (κ2) is 39.8. The van der Waals surface area contributed by atoms with Crippen molar-refractivity contribution in [2.45, 2.75) is 246 Å². The Labute approximate surface area is 372 Å². The zero-order valence-electron chi connectivity index (χ0n) is 39.7. The van der Waals surface area contributed by atoms with Crippen LogP contribution in [0.2, 0.25) is 0 Å². The van der Waals surface area contributed by atoms with Gasteiger partial charge in [0.15, 0.2) is 0 Å². The Morgan fingerprint density at radius 3 is 1.28 bits per heavy atom. The van der Waals surface area contributed by atoms with Crippen LogP contribution in [0.3, 0.4) is 0 Å². The zero-order valence-corrected chi connectivity index (χ0v) is 39.7. The highest BCUT2D eigenvalue weighted by Gasteiger charge is 2.12. The maximum absolute atomic E-state index is 5.50. The molecule has 0 aliphatic carbocycles. The van der Waals surface area contributed by atoms with Gasteiger partial charge in [-0.1, -0.05) is 199 Å². The number of hydrogen-bond acceptors (Lipinski definition) is 2. The van der Waals surface area contributed by atoms with Crippen LogP contribution in [-0.4, -0.2) is 11.4 Å². The van der Waals surface area contributed by atoms with Gasteiger partial charge in [0.25, 0.3) is 0 Å². The van der Waals surface area contributed by atoms with Gasteiger partial charge in [0.1, 0.15) is 0 Å². The lowest BCUT2D eigenvalue weighted by molar-refractivity contribution is 0.525. The van der Waals surface area contributed by atoms with E-state index >= 15 is 0 Å². The monoisotopic (exact) mass is 815 g/mol. The number of benzene rings is 2. The van der Waals surface area contributed by atoms with Crippen LogP contribution in [0.5, 0.6) is 0 Å². The van der Waals surface area contributed by atoms with Crippen LogP contribution in [0.4, 0.5) is 11.4 Å². The van der Waals surface area contributed by atoms with Crippen LogP contribution in [0.1, 0.15) is 244 Å². The average Bonchev–Trinajstić information content (AvgIpc) is 3.27. The van der Waals surface area contributed by atoms with Gasteiger partial charge in [-0.05, 0) is 93.5 Å². The van der Waals surface area contributed by atoms with E-state index in [0.717, 1.165) is 106 Å². The van der Waals surface area contributed by atoms with E-state index in [1.807, 2.05) is 0 Å². The van der Waals surface area contributed by atoms with Gasteiger partial charge in [0.2, 0.25) is 0 Å². The second-order valence-corrected chi connectivity index (χ2v) is 17.2. The van der Waals surface area contributed by atoms with Gasteiger partial charge in [0, 0.05) is 25.7 Å². The number of unbranched alkanes of at least 4 members (excludes halogenated alkanes) is 25. The van der Waals surface area contributed by atoms with E-state index in [9.17, 15) is 0 Å². The number of allylic oxidation sites excluding steroid dienone is 2. The fourth-order valence-corrected chi connectivity index (χ4v) is 7.79. The maximum Gasteiger partial charge on any atom is 0.0848 e. The van der Waals surface area contributed by atoms with Crippen LogP contribution in [0.15, 0.2) is 70.7 Å². The lowest BCUT2D eigenvalue weighted by Gasteiger charge is -2.12. The summed E-state index contributed by atoms with van der Waals surface area (Å²) in [5, 5.41) is 0. The van der Waals surface area contributed by atoms with Gasteiger partial charge in [-0.15, -0.1) is 23.7 Å². The van der Waals surface area contributed by atoms with Crippen molar-refractivity contribution in [3.63, 3.8) is 0 Å². The molecule has 0 spiro atoms. The molecule has 2 aromatic carbocycles. The van der Waals surface area contributed by atoms with Crippen LogP contribution >= 0.6 is 0 Å². The molecular formula is C58H90N2. The molecule has 2 nitrogen and oxygen atoms in total. The molecule has 60 heavy (non-hydrogen) atoms. The summed E-state index contributed by atoms with van der Waals surface area (Å²) in [4.78, 5) is 11.0. The van der Waals surface area contributed by atoms with Crippen LogP contribution in [-0.2, 0) is 12.8 Å². The third-order valence-corrected chi connectivity index (χ3v) is 11.5. The molecule has 0 aromatic heterocycles. The van der Waals surface area contributed by atoms with Crippen LogP contribution in [0, 0.1) is 23.7 Å². The zero-order chi connectivity index (χ0) is 42.8. The Kier molecular flexibility index (Phi) is 35.0. The highest BCUT2D eigenvalue weighted by molar-refractivity contribution is 6.47. The molecule has 0 saturated carbocycles. The van der Waals surface area contributed by atoms with Gasteiger partial charge >= 0.3 is 0 Å². The Morgan fingerprint density at radius 1 is 0.417 bits per heavy atom. The van der Waals surface area contributed by atoms with E-state index in [1.165, 1.54) is 146 Å². The summed E-state index contributed by atoms with van der Waals surface area (Å²) in [5.74, 6) is 13.4. The van der Waals surface area contributed by atoms with E-state index in [1.54, 1.807) is 0 Å². The molecule has 0 bridgehead atoms. The number of para-hydroxylation sites is 2. The first-order valence-corrected chi connectivity index (χ1v) is 25.6. The summed E-state index contributed by atoms with van der Waals surface area (Å²) in [5.41, 5.74) is 6.94. The molecule has 2 aromatic rings. The number of aliphatic imine (C=N–C) groups is 2. The standard InChI is InChI=1S/C58H90N2/c1-5-9-13-17-20-21-22-23-24-25-26-27-28-29-30-31-32-33-36-40-52-58(60-56-50-44-42-48-54(56)46-38-35-19-15-11-7-3)57(51-39-16-12-8-4)59-55-49-43-41-47-53(55)45-37-34-18-14-10-6-2/h40-44,47-50,52H,5-13,16-17,20-39,45-46,51H2,1-4H3/b52-40+,59-57?,60-58?. The first-order chi connectivity index (χ1) is 29.7. The van der Waals surface area contributed by atoms with Crippen molar-refractivity contribution in [3.05, 3.63) is 71.8 Å². The predicted molar refractivity (Wildman–Crippen MR) is 270 cm³/mol. The summed E-state index contributed by atoms with van der Waals surface area (Å²) >= 11 is 0. The van der Waals surface area contributed by atoms with E-state index < -0.39 is 0 Å². The minimum Gasteiger partial charge on any atom is -0.251 e. The SMILES string of the molecule is CCCC#CCCCc1ccccc1N=C(/C=C/CCCCCCCCCCCCCCCCCCCC)C(CCCCCC)=Nc1ccccc1CCCC#CCCC. The molecule has 332 valence electrons. The molecule has 0 saturated heterocycles. The smallest absolute Gasteiger partial charge is 0.0848 e. The highest BCUT2D eigenvalue weighted by atomic mass is 14.8. The van der Waals surface area contributed by atoms with Gasteiger partial charge in [-0.25, -0.2) is 4.99 Å². The molecule has 0 fully saturated rings. The number of aryl methyl sites for hydroxylation is 2. The Balaban J connectivity index is 2.08. The van der Waals surface area contributed by atoms with Crippen LogP contribution in [0.25, 0.3) is 0 Å². The predicted octanol–water partition coefficient (Wildman–Crippen LogP) is 18.7.